The Balaban J connectivity index is 1.66. The van der Waals surface area contributed by atoms with Gasteiger partial charge in [-0.25, -0.2) is 13.1 Å². The Kier molecular flexibility index (Phi) is 7.25. The van der Waals surface area contributed by atoms with Crippen LogP contribution >= 0.6 is 0 Å². The number of anilines is 1. The van der Waals surface area contributed by atoms with Gasteiger partial charge in [-0.1, -0.05) is 55.5 Å². The molecule has 0 bridgehead atoms. The highest BCUT2D eigenvalue weighted by Gasteiger charge is 2.13. The molecule has 0 atom stereocenters. The van der Waals surface area contributed by atoms with Crippen LogP contribution < -0.4 is 10.0 Å². The first-order valence-corrected chi connectivity index (χ1v) is 11.9. The van der Waals surface area contributed by atoms with Crippen LogP contribution in [0.15, 0.2) is 66.7 Å². The summed E-state index contributed by atoms with van der Waals surface area (Å²) in [7, 11) is -3.47. The number of benzene rings is 3. The molecule has 0 aliphatic rings. The van der Waals surface area contributed by atoms with Crippen LogP contribution in [0.1, 0.15) is 45.1 Å². The fourth-order valence-corrected chi connectivity index (χ4v) is 4.42. The van der Waals surface area contributed by atoms with E-state index >= 15 is 0 Å². The van der Waals surface area contributed by atoms with Gasteiger partial charge in [0.1, 0.15) is 0 Å². The van der Waals surface area contributed by atoms with E-state index in [4.69, 9.17) is 0 Å². The zero-order chi connectivity index (χ0) is 22.4. The molecule has 0 aromatic heterocycles. The highest BCUT2D eigenvalue weighted by Crippen LogP contribution is 2.20. The van der Waals surface area contributed by atoms with Crippen molar-refractivity contribution in [1.29, 1.82) is 0 Å². The molecule has 0 saturated heterocycles. The molecule has 3 aromatic rings. The van der Waals surface area contributed by atoms with E-state index in [0.717, 1.165) is 33.5 Å². The zero-order valence-corrected chi connectivity index (χ0v) is 18.9. The van der Waals surface area contributed by atoms with Gasteiger partial charge >= 0.3 is 0 Å². The molecular formula is C25H28N2O3S. The second-order valence-electron chi connectivity index (χ2n) is 7.66. The Morgan fingerprint density at radius 1 is 0.871 bits per heavy atom. The van der Waals surface area contributed by atoms with E-state index in [9.17, 15) is 13.2 Å². The van der Waals surface area contributed by atoms with Gasteiger partial charge in [-0.3, -0.25) is 4.79 Å². The fraction of sp³-hybridized carbons (Fsp3) is 0.240. The van der Waals surface area contributed by atoms with E-state index in [1.54, 1.807) is 12.1 Å². The lowest BCUT2D eigenvalue weighted by molar-refractivity contribution is 0.102. The summed E-state index contributed by atoms with van der Waals surface area (Å²) in [6.07, 6.45) is 0.716. The molecule has 162 valence electrons. The van der Waals surface area contributed by atoms with Crippen LogP contribution in [0, 0.1) is 13.8 Å². The maximum atomic E-state index is 12.5. The predicted octanol–water partition coefficient (Wildman–Crippen LogP) is 4.74. The van der Waals surface area contributed by atoms with Crippen molar-refractivity contribution in [1.82, 2.24) is 4.72 Å². The second kappa shape index (κ2) is 9.90. The predicted molar refractivity (Wildman–Crippen MR) is 126 cm³/mol. The van der Waals surface area contributed by atoms with Gasteiger partial charge < -0.3 is 5.32 Å². The average molecular weight is 437 g/mol. The number of hydrogen-bond acceptors (Lipinski definition) is 3. The first-order chi connectivity index (χ1) is 14.8. The molecule has 0 aliphatic heterocycles. The summed E-state index contributed by atoms with van der Waals surface area (Å²) in [5.74, 6) is -0.225. The molecule has 5 nitrogen and oxygen atoms in total. The first-order valence-electron chi connectivity index (χ1n) is 10.3. The molecule has 0 unspecified atom stereocenters. The first kappa shape index (κ1) is 22.7. The summed E-state index contributed by atoms with van der Waals surface area (Å²) in [6, 6.07) is 20.3. The van der Waals surface area contributed by atoms with Gasteiger partial charge in [0.25, 0.3) is 5.91 Å². The van der Waals surface area contributed by atoms with Crippen LogP contribution in [0.2, 0.25) is 0 Å². The van der Waals surface area contributed by atoms with Gasteiger partial charge in [0.15, 0.2) is 0 Å². The van der Waals surface area contributed by atoms with Gasteiger partial charge in [0.2, 0.25) is 10.0 Å². The van der Waals surface area contributed by atoms with Gasteiger partial charge in [-0.2, -0.15) is 0 Å². The summed E-state index contributed by atoms with van der Waals surface area (Å²) in [5, 5.41) is 2.94. The van der Waals surface area contributed by atoms with Gasteiger partial charge in [0.05, 0.1) is 5.75 Å². The van der Waals surface area contributed by atoms with Crippen molar-refractivity contribution < 1.29 is 13.2 Å². The van der Waals surface area contributed by atoms with Crippen molar-refractivity contribution in [3.8, 4) is 0 Å². The molecule has 0 saturated carbocycles. The highest BCUT2D eigenvalue weighted by molar-refractivity contribution is 7.88. The van der Waals surface area contributed by atoms with Crippen molar-refractivity contribution >= 4 is 21.6 Å². The number of hydrogen-bond donors (Lipinski definition) is 2. The molecule has 3 rings (SSSR count). The molecule has 6 heteroatoms. The number of nitrogens with one attached hydrogen (secondary N) is 2. The SMILES string of the molecule is CCc1cc(CNS(=O)(=O)Cc2ccc(C)c(C)c2)ccc1NC(=O)c1ccccc1. The molecule has 0 spiro atoms. The standard InChI is InChI=1S/C25H28N2O3S/c1-4-22-15-20(12-13-24(22)27-25(28)23-8-6-5-7-9-23)16-26-31(29,30)17-21-11-10-18(2)19(3)14-21/h5-15,26H,4,16-17H2,1-3H3,(H,27,28). The largest absolute Gasteiger partial charge is 0.322 e. The third-order valence-electron chi connectivity index (χ3n) is 5.26. The van der Waals surface area contributed by atoms with E-state index in [-0.39, 0.29) is 18.2 Å². The number of aryl methyl sites for hydroxylation is 3. The second-order valence-corrected chi connectivity index (χ2v) is 9.47. The number of rotatable bonds is 8. The molecule has 31 heavy (non-hydrogen) atoms. The summed E-state index contributed by atoms with van der Waals surface area (Å²) in [6.45, 7) is 6.18. The minimum absolute atomic E-state index is 0.0556. The van der Waals surface area contributed by atoms with Crippen LogP contribution in [-0.2, 0) is 28.7 Å². The van der Waals surface area contributed by atoms with E-state index in [1.165, 1.54) is 0 Å². The Hall–Kier alpha value is -2.96. The van der Waals surface area contributed by atoms with Crippen LogP contribution in [0.3, 0.4) is 0 Å². The van der Waals surface area contributed by atoms with Crippen molar-refractivity contribution in [3.63, 3.8) is 0 Å². The van der Waals surface area contributed by atoms with Crippen LogP contribution in [0.25, 0.3) is 0 Å². The third-order valence-corrected chi connectivity index (χ3v) is 6.56. The molecule has 3 aromatic carbocycles. The lowest BCUT2D eigenvalue weighted by Crippen LogP contribution is -2.25. The minimum atomic E-state index is -3.47. The number of amides is 1. The Labute approximate surface area is 184 Å². The number of carbonyl (C=O) groups is 1. The summed E-state index contributed by atoms with van der Waals surface area (Å²) in [4.78, 5) is 12.4. The molecule has 2 N–H and O–H groups in total. The highest BCUT2D eigenvalue weighted by atomic mass is 32.2. The van der Waals surface area contributed by atoms with E-state index in [1.807, 2.05) is 75.4 Å². The Bertz CT molecular complexity index is 1170. The van der Waals surface area contributed by atoms with Crippen molar-refractivity contribution in [2.45, 2.75) is 39.5 Å². The summed E-state index contributed by atoms with van der Waals surface area (Å²) < 4.78 is 27.7. The Morgan fingerprint density at radius 2 is 1.58 bits per heavy atom. The molecule has 0 heterocycles. The van der Waals surface area contributed by atoms with E-state index in [2.05, 4.69) is 10.0 Å². The Morgan fingerprint density at radius 3 is 2.26 bits per heavy atom. The van der Waals surface area contributed by atoms with Gasteiger partial charge in [0, 0.05) is 17.8 Å². The molecule has 0 radical (unpaired) electrons. The lowest BCUT2D eigenvalue weighted by atomic mass is 10.1. The van der Waals surface area contributed by atoms with E-state index < -0.39 is 10.0 Å². The van der Waals surface area contributed by atoms with Crippen molar-refractivity contribution in [2.24, 2.45) is 0 Å². The van der Waals surface area contributed by atoms with Gasteiger partial charge in [-0.05, 0) is 66.3 Å². The average Bonchev–Trinajstić information content (AvgIpc) is 2.76. The van der Waals surface area contributed by atoms with Gasteiger partial charge in [-0.15, -0.1) is 0 Å². The quantitative estimate of drug-likeness (QED) is 0.536. The van der Waals surface area contributed by atoms with Crippen molar-refractivity contribution in [2.75, 3.05) is 5.32 Å². The normalized spacial score (nSPS) is 11.3. The van der Waals surface area contributed by atoms with E-state index in [0.29, 0.717) is 12.0 Å². The summed E-state index contributed by atoms with van der Waals surface area (Å²) >= 11 is 0. The maximum absolute atomic E-state index is 12.5. The van der Waals surface area contributed by atoms with Crippen molar-refractivity contribution in [3.05, 3.63) is 100 Å². The minimum Gasteiger partial charge on any atom is -0.322 e. The molecule has 0 aliphatic carbocycles. The molecule has 0 fully saturated rings. The monoisotopic (exact) mass is 436 g/mol. The molecule has 1 amide bonds. The van der Waals surface area contributed by atoms with Crippen LogP contribution in [0.5, 0.6) is 0 Å². The topological polar surface area (TPSA) is 75.3 Å². The lowest BCUT2D eigenvalue weighted by Gasteiger charge is -2.13. The summed E-state index contributed by atoms with van der Waals surface area (Å²) in [5.41, 5.74) is 6.11. The molecular weight excluding hydrogens is 408 g/mol. The third kappa shape index (κ3) is 6.26. The zero-order valence-electron chi connectivity index (χ0n) is 18.1. The van der Waals surface area contributed by atoms with Crippen LogP contribution in [-0.4, -0.2) is 14.3 Å². The smallest absolute Gasteiger partial charge is 0.255 e. The maximum Gasteiger partial charge on any atom is 0.255 e. The number of carbonyl (C=O) groups excluding carboxylic acids is 1. The fourth-order valence-electron chi connectivity index (χ4n) is 3.31. The van der Waals surface area contributed by atoms with Crippen LogP contribution in [0.4, 0.5) is 5.69 Å². The number of sulfonamides is 1.